The Balaban J connectivity index is 1.45. The normalized spacial score (nSPS) is 18.4. The Labute approximate surface area is 212 Å². The first-order valence-corrected chi connectivity index (χ1v) is 12.3. The van der Waals surface area contributed by atoms with Gasteiger partial charge in [-0.3, -0.25) is 0 Å². The van der Waals surface area contributed by atoms with Crippen LogP contribution in [0.25, 0.3) is 11.1 Å². The second-order valence-corrected chi connectivity index (χ2v) is 9.91. The first kappa shape index (κ1) is 24.6. The van der Waals surface area contributed by atoms with Crippen molar-refractivity contribution in [2.75, 3.05) is 36.8 Å². The summed E-state index contributed by atoms with van der Waals surface area (Å²) in [5.74, 6) is 0.112. The lowest BCUT2D eigenvalue weighted by Gasteiger charge is -2.39. The molecular weight excluding hydrogens is 491 g/mol. The number of ether oxygens (including phenoxy) is 1. The quantitative estimate of drug-likeness (QED) is 0.456. The van der Waals surface area contributed by atoms with Gasteiger partial charge in [0.05, 0.1) is 0 Å². The van der Waals surface area contributed by atoms with Crippen molar-refractivity contribution in [1.29, 1.82) is 0 Å². The van der Waals surface area contributed by atoms with E-state index in [0.29, 0.717) is 22.0 Å². The maximum atomic E-state index is 14.4. The Morgan fingerprint density at radius 2 is 1.78 bits per heavy atom. The monoisotopic (exact) mass is 517 g/mol. The molecule has 3 heterocycles. The molecule has 1 atom stereocenters. The number of halogens is 4. The lowest BCUT2D eigenvalue weighted by atomic mass is 9.78. The predicted octanol–water partition coefficient (Wildman–Crippen LogP) is 5.64. The lowest BCUT2D eigenvalue weighted by Crippen LogP contribution is -2.41. The molecule has 2 saturated heterocycles. The van der Waals surface area contributed by atoms with Gasteiger partial charge in [-0.2, -0.15) is 23.1 Å². The van der Waals surface area contributed by atoms with E-state index in [0.717, 1.165) is 45.4 Å². The summed E-state index contributed by atoms with van der Waals surface area (Å²) in [6, 6.07) is 14.5. The average Bonchev–Trinajstić information content (AvgIpc) is 3.30. The Hall–Kier alpha value is -3.04. The Kier molecular flexibility index (Phi) is 6.70. The maximum absolute atomic E-state index is 14.4. The number of benzene rings is 2. The SMILES string of the molecule is Nc1nc(O[C@H](c2ccc(Cl)cc2-c2ccccc2)C(F)(F)F)cc(N2CCC3(CCNC3)CC2)n1. The number of nitrogens with one attached hydrogen (secondary N) is 1. The van der Waals surface area contributed by atoms with Gasteiger partial charge < -0.3 is 20.7 Å². The third-order valence-corrected chi connectivity index (χ3v) is 7.34. The fourth-order valence-electron chi connectivity index (χ4n) is 5.14. The van der Waals surface area contributed by atoms with E-state index in [1.165, 1.54) is 24.3 Å². The highest BCUT2D eigenvalue weighted by Crippen LogP contribution is 2.43. The van der Waals surface area contributed by atoms with Crippen LogP contribution in [0.4, 0.5) is 24.9 Å². The summed E-state index contributed by atoms with van der Waals surface area (Å²) in [6.07, 6.45) is -3.89. The molecule has 2 fully saturated rings. The molecule has 0 bridgehead atoms. The van der Waals surface area contributed by atoms with Gasteiger partial charge in [0.15, 0.2) is 0 Å². The standard InChI is InChI=1S/C26H27ClF3N5O/c27-18-6-7-19(20(14-18)17-4-2-1-3-5-17)23(26(28,29)30)36-22-15-21(33-24(31)34-22)35-12-9-25(10-13-35)8-11-32-16-25/h1-7,14-15,23,32H,8-13,16H2,(H2,31,33,34)/t23-/m1/s1. The van der Waals surface area contributed by atoms with Gasteiger partial charge in [0.25, 0.3) is 0 Å². The second kappa shape index (κ2) is 9.78. The van der Waals surface area contributed by atoms with Crippen LogP contribution in [0.15, 0.2) is 54.6 Å². The maximum Gasteiger partial charge on any atom is 0.429 e. The molecule has 10 heteroatoms. The number of anilines is 2. The number of hydrogen-bond donors (Lipinski definition) is 2. The highest BCUT2D eigenvalue weighted by molar-refractivity contribution is 6.30. The van der Waals surface area contributed by atoms with Crippen molar-refractivity contribution in [2.45, 2.75) is 31.5 Å². The average molecular weight is 518 g/mol. The van der Waals surface area contributed by atoms with Gasteiger partial charge in [0.1, 0.15) is 5.82 Å². The molecule has 1 aromatic heterocycles. The number of nitrogens with zero attached hydrogens (tertiary/aromatic N) is 3. The van der Waals surface area contributed by atoms with Crippen LogP contribution in [-0.2, 0) is 0 Å². The molecule has 0 aliphatic carbocycles. The zero-order valence-electron chi connectivity index (χ0n) is 19.6. The van der Waals surface area contributed by atoms with Gasteiger partial charge in [0, 0.05) is 36.3 Å². The summed E-state index contributed by atoms with van der Waals surface area (Å²) in [7, 11) is 0. The molecule has 3 N–H and O–H groups in total. The van der Waals surface area contributed by atoms with Gasteiger partial charge in [-0.25, -0.2) is 0 Å². The summed E-state index contributed by atoms with van der Waals surface area (Å²) < 4.78 is 48.6. The molecule has 3 aromatic rings. The Bertz CT molecular complexity index is 1210. The van der Waals surface area contributed by atoms with Gasteiger partial charge in [-0.05, 0) is 54.5 Å². The van der Waals surface area contributed by atoms with Gasteiger partial charge in [-0.15, -0.1) is 0 Å². The van der Waals surface area contributed by atoms with E-state index in [-0.39, 0.29) is 22.8 Å². The van der Waals surface area contributed by atoms with E-state index in [4.69, 9.17) is 22.1 Å². The molecule has 0 radical (unpaired) electrons. The number of nitrogen functional groups attached to an aromatic ring is 1. The number of alkyl halides is 3. The number of nitrogens with two attached hydrogens (primary N) is 1. The number of piperidine rings is 1. The van der Waals surface area contributed by atoms with Crippen LogP contribution in [0.1, 0.15) is 30.9 Å². The summed E-state index contributed by atoms with van der Waals surface area (Å²) in [6.45, 7) is 3.51. The van der Waals surface area contributed by atoms with E-state index < -0.39 is 12.3 Å². The smallest absolute Gasteiger partial charge is 0.429 e. The molecule has 0 saturated carbocycles. The summed E-state index contributed by atoms with van der Waals surface area (Å²) in [5.41, 5.74) is 7.06. The molecule has 6 nitrogen and oxygen atoms in total. The van der Waals surface area contributed by atoms with Crippen molar-refractivity contribution in [3.05, 3.63) is 65.2 Å². The van der Waals surface area contributed by atoms with E-state index in [2.05, 4.69) is 15.3 Å². The van der Waals surface area contributed by atoms with Crippen molar-refractivity contribution in [1.82, 2.24) is 15.3 Å². The van der Waals surface area contributed by atoms with Gasteiger partial charge in [0.2, 0.25) is 17.9 Å². The van der Waals surface area contributed by atoms with Crippen LogP contribution >= 0.6 is 11.6 Å². The van der Waals surface area contributed by atoms with Crippen LogP contribution in [0.5, 0.6) is 5.88 Å². The molecular formula is C26H27ClF3N5O. The highest BCUT2D eigenvalue weighted by Gasteiger charge is 2.45. The Morgan fingerprint density at radius 3 is 2.44 bits per heavy atom. The van der Waals surface area contributed by atoms with E-state index in [1.807, 2.05) is 4.90 Å². The van der Waals surface area contributed by atoms with Crippen molar-refractivity contribution < 1.29 is 17.9 Å². The van der Waals surface area contributed by atoms with Crippen LogP contribution < -0.4 is 20.7 Å². The van der Waals surface area contributed by atoms with E-state index >= 15 is 0 Å². The van der Waals surface area contributed by atoms with Crippen molar-refractivity contribution in [2.24, 2.45) is 5.41 Å². The third-order valence-electron chi connectivity index (χ3n) is 7.11. The third kappa shape index (κ3) is 5.22. The first-order valence-electron chi connectivity index (χ1n) is 11.9. The largest absolute Gasteiger partial charge is 0.459 e. The molecule has 1 spiro atoms. The van der Waals surface area contributed by atoms with E-state index in [1.54, 1.807) is 30.3 Å². The van der Waals surface area contributed by atoms with Gasteiger partial charge >= 0.3 is 6.18 Å². The van der Waals surface area contributed by atoms with Gasteiger partial charge in [-0.1, -0.05) is 48.0 Å². The zero-order valence-corrected chi connectivity index (χ0v) is 20.3. The predicted molar refractivity (Wildman–Crippen MR) is 134 cm³/mol. The molecule has 2 aliphatic heterocycles. The lowest BCUT2D eigenvalue weighted by molar-refractivity contribution is -0.198. The number of hydrogen-bond acceptors (Lipinski definition) is 6. The minimum absolute atomic E-state index is 0.0644. The topological polar surface area (TPSA) is 76.3 Å². The fraction of sp³-hybridized carbons (Fsp3) is 0.385. The molecule has 2 aliphatic rings. The molecule has 190 valence electrons. The minimum atomic E-state index is -4.72. The Morgan fingerprint density at radius 1 is 1.03 bits per heavy atom. The van der Waals surface area contributed by atoms with Crippen LogP contribution in [0.2, 0.25) is 5.02 Å². The summed E-state index contributed by atoms with van der Waals surface area (Å²) in [5, 5.41) is 3.75. The minimum Gasteiger partial charge on any atom is -0.459 e. The van der Waals surface area contributed by atoms with Crippen molar-refractivity contribution >= 4 is 23.4 Å². The highest BCUT2D eigenvalue weighted by atomic mass is 35.5. The molecule has 0 unspecified atom stereocenters. The molecule has 5 rings (SSSR count). The van der Waals surface area contributed by atoms with E-state index in [9.17, 15) is 13.2 Å². The number of rotatable bonds is 5. The van der Waals surface area contributed by atoms with Crippen molar-refractivity contribution in [3.63, 3.8) is 0 Å². The molecule has 2 aromatic carbocycles. The van der Waals surface area contributed by atoms with Crippen LogP contribution in [0, 0.1) is 5.41 Å². The molecule has 0 amide bonds. The molecule has 36 heavy (non-hydrogen) atoms. The second-order valence-electron chi connectivity index (χ2n) is 9.47. The van der Waals surface area contributed by atoms with Crippen LogP contribution in [0.3, 0.4) is 0 Å². The van der Waals surface area contributed by atoms with Crippen LogP contribution in [-0.4, -0.2) is 42.3 Å². The first-order chi connectivity index (χ1) is 17.2. The summed E-state index contributed by atoms with van der Waals surface area (Å²) >= 11 is 6.15. The van der Waals surface area contributed by atoms with Crippen molar-refractivity contribution in [3.8, 4) is 17.0 Å². The zero-order chi connectivity index (χ0) is 25.3. The summed E-state index contributed by atoms with van der Waals surface area (Å²) in [4.78, 5) is 10.3. The number of aromatic nitrogens is 2. The fourth-order valence-corrected chi connectivity index (χ4v) is 5.31.